The fourth-order valence-corrected chi connectivity index (χ4v) is 4.07. The minimum atomic E-state index is 0.270. The number of anilines is 1. The molecule has 2 aromatic rings. The van der Waals surface area contributed by atoms with Crippen molar-refractivity contribution >= 4 is 27.5 Å². The fourth-order valence-electron chi connectivity index (χ4n) is 3.10. The van der Waals surface area contributed by atoms with E-state index in [1.807, 2.05) is 0 Å². The number of rotatable bonds is 4. The van der Waals surface area contributed by atoms with Crippen LogP contribution in [0.5, 0.6) is 5.88 Å². The third kappa shape index (κ3) is 3.12. The second-order valence-electron chi connectivity index (χ2n) is 5.85. The molecule has 2 aromatic heterocycles. The monoisotopic (exact) mass is 305 g/mol. The van der Waals surface area contributed by atoms with Crippen LogP contribution in [0.15, 0.2) is 6.07 Å². The van der Waals surface area contributed by atoms with E-state index in [9.17, 15) is 0 Å². The zero-order valence-corrected chi connectivity index (χ0v) is 13.6. The Morgan fingerprint density at radius 3 is 2.95 bits per heavy atom. The van der Waals surface area contributed by atoms with Crippen molar-refractivity contribution in [3.63, 3.8) is 0 Å². The molecule has 4 nitrogen and oxygen atoms in total. The predicted octanol–water partition coefficient (Wildman–Crippen LogP) is 4.18. The summed E-state index contributed by atoms with van der Waals surface area (Å²) in [5.74, 6) is 1.77. The van der Waals surface area contributed by atoms with E-state index < -0.39 is 0 Å². The maximum Gasteiger partial charge on any atom is 0.227 e. The van der Waals surface area contributed by atoms with Crippen LogP contribution in [0.1, 0.15) is 50.8 Å². The highest BCUT2D eigenvalue weighted by Gasteiger charge is 2.23. The van der Waals surface area contributed by atoms with E-state index in [0.29, 0.717) is 11.8 Å². The van der Waals surface area contributed by atoms with Gasteiger partial charge in [-0.3, -0.25) is 0 Å². The first kappa shape index (κ1) is 14.6. The van der Waals surface area contributed by atoms with Crippen molar-refractivity contribution in [2.24, 2.45) is 5.92 Å². The molecule has 114 valence electrons. The summed E-state index contributed by atoms with van der Waals surface area (Å²) < 4.78 is 6.21. The van der Waals surface area contributed by atoms with Crippen molar-refractivity contribution in [2.45, 2.75) is 58.5 Å². The van der Waals surface area contributed by atoms with Gasteiger partial charge in [-0.15, -0.1) is 11.3 Å². The molecule has 1 aliphatic rings. The minimum absolute atomic E-state index is 0.270. The Morgan fingerprint density at radius 1 is 1.33 bits per heavy atom. The van der Waals surface area contributed by atoms with Gasteiger partial charge in [0.05, 0.1) is 5.39 Å². The number of nitrogens with two attached hydrogens (primary N) is 1. The molecule has 21 heavy (non-hydrogen) atoms. The molecule has 1 fully saturated rings. The van der Waals surface area contributed by atoms with Crippen molar-refractivity contribution in [2.75, 3.05) is 5.73 Å². The van der Waals surface area contributed by atoms with Gasteiger partial charge in [-0.2, -0.15) is 4.98 Å². The lowest BCUT2D eigenvalue weighted by atomic mass is 9.85. The average Bonchev–Trinajstić information content (AvgIpc) is 2.90. The Balaban J connectivity index is 1.87. The van der Waals surface area contributed by atoms with Gasteiger partial charge in [-0.1, -0.05) is 26.7 Å². The van der Waals surface area contributed by atoms with Crippen LogP contribution in [0, 0.1) is 5.92 Å². The topological polar surface area (TPSA) is 61.0 Å². The average molecular weight is 305 g/mol. The van der Waals surface area contributed by atoms with Crippen LogP contribution >= 0.6 is 11.3 Å². The number of aromatic nitrogens is 2. The standard InChI is InChI=1S/C16H23N3OS/c1-3-10-6-5-7-11(8-10)20-14-13-9-12(4-2)21-15(13)19-16(17)18-14/h9-11H,3-8H2,1-2H3,(H2,17,18,19). The summed E-state index contributed by atoms with van der Waals surface area (Å²) in [5, 5.41) is 1.02. The molecule has 0 spiro atoms. The Kier molecular flexibility index (Phi) is 4.29. The normalized spacial score (nSPS) is 22.6. The van der Waals surface area contributed by atoms with E-state index in [1.165, 1.54) is 24.1 Å². The number of hydrogen-bond acceptors (Lipinski definition) is 5. The smallest absolute Gasteiger partial charge is 0.227 e. The van der Waals surface area contributed by atoms with Gasteiger partial charge in [-0.25, -0.2) is 4.98 Å². The Bertz CT molecular complexity index is 625. The number of hydrogen-bond donors (Lipinski definition) is 1. The van der Waals surface area contributed by atoms with Crippen LogP contribution in [0.25, 0.3) is 10.2 Å². The molecule has 2 N–H and O–H groups in total. The van der Waals surface area contributed by atoms with Gasteiger partial charge in [-0.05, 0) is 37.7 Å². The van der Waals surface area contributed by atoms with Crippen LogP contribution in [-0.2, 0) is 6.42 Å². The summed E-state index contributed by atoms with van der Waals surface area (Å²) in [5.41, 5.74) is 5.84. The number of nitrogen functional groups attached to an aromatic ring is 1. The van der Waals surface area contributed by atoms with Gasteiger partial charge < -0.3 is 10.5 Å². The lowest BCUT2D eigenvalue weighted by Gasteiger charge is -2.28. The van der Waals surface area contributed by atoms with Gasteiger partial charge in [0, 0.05) is 4.88 Å². The lowest BCUT2D eigenvalue weighted by Crippen LogP contribution is -2.25. The first-order chi connectivity index (χ1) is 10.2. The van der Waals surface area contributed by atoms with E-state index >= 15 is 0 Å². The fraction of sp³-hybridized carbons (Fsp3) is 0.625. The molecule has 1 saturated carbocycles. The summed E-state index contributed by atoms with van der Waals surface area (Å²) in [7, 11) is 0. The number of aryl methyl sites for hydroxylation is 1. The van der Waals surface area contributed by atoms with Crippen molar-refractivity contribution in [3.05, 3.63) is 10.9 Å². The molecule has 0 radical (unpaired) electrons. The van der Waals surface area contributed by atoms with Gasteiger partial charge >= 0.3 is 0 Å². The summed E-state index contributed by atoms with van der Waals surface area (Å²) in [6, 6.07) is 2.15. The molecule has 0 amide bonds. The van der Waals surface area contributed by atoms with Crippen molar-refractivity contribution in [1.29, 1.82) is 0 Å². The summed E-state index contributed by atoms with van der Waals surface area (Å²) in [6.45, 7) is 4.41. The molecule has 2 unspecified atom stereocenters. The largest absolute Gasteiger partial charge is 0.474 e. The third-order valence-electron chi connectivity index (χ3n) is 4.36. The number of thiophene rings is 1. The first-order valence-corrected chi connectivity index (χ1v) is 8.73. The number of nitrogens with zero attached hydrogens (tertiary/aromatic N) is 2. The molecule has 0 saturated heterocycles. The van der Waals surface area contributed by atoms with E-state index in [-0.39, 0.29) is 6.10 Å². The predicted molar refractivity (Wildman–Crippen MR) is 87.9 cm³/mol. The third-order valence-corrected chi connectivity index (χ3v) is 5.54. The zero-order valence-electron chi connectivity index (χ0n) is 12.8. The summed E-state index contributed by atoms with van der Waals surface area (Å²) in [6.07, 6.45) is 7.33. The minimum Gasteiger partial charge on any atom is -0.474 e. The molecular formula is C16H23N3OS. The quantitative estimate of drug-likeness (QED) is 0.920. The van der Waals surface area contributed by atoms with Gasteiger partial charge in [0.2, 0.25) is 11.8 Å². The van der Waals surface area contributed by atoms with Gasteiger partial charge in [0.1, 0.15) is 10.9 Å². The maximum absolute atomic E-state index is 6.21. The van der Waals surface area contributed by atoms with Crippen molar-refractivity contribution < 1.29 is 4.74 Å². The Labute approximate surface area is 129 Å². The van der Waals surface area contributed by atoms with Crippen LogP contribution in [0.2, 0.25) is 0 Å². The second-order valence-corrected chi connectivity index (χ2v) is 6.97. The molecule has 0 aliphatic heterocycles. The molecular weight excluding hydrogens is 282 g/mol. The molecule has 0 aromatic carbocycles. The molecule has 1 aliphatic carbocycles. The highest BCUT2D eigenvalue weighted by molar-refractivity contribution is 7.18. The second kappa shape index (κ2) is 6.18. The van der Waals surface area contributed by atoms with E-state index in [1.54, 1.807) is 11.3 Å². The maximum atomic E-state index is 6.21. The van der Waals surface area contributed by atoms with Crippen LogP contribution in [0.4, 0.5) is 5.95 Å². The molecule has 2 heterocycles. The number of fused-ring (bicyclic) bond motifs is 1. The van der Waals surface area contributed by atoms with Crippen LogP contribution in [0.3, 0.4) is 0 Å². The highest BCUT2D eigenvalue weighted by Crippen LogP contribution is 2.34. The Hall–Kier alpha value is -1.36. The first-order valence-electron chi connectivity index (χ1n) is 7.92. The van der Waals surface area contributed by atoms with E-state index in [2.05, 4.69) is 29.9 Å². The molecule has 0 bridgehead atoms. The molecule has 3 rings (SSSR count). The summed E-state index contributed by atoms with van der Waals surface area (Å²) in [4.78, 5) is 10.9. The SMILES string of the molecule is CCc1cc2c(OC3CCCC(CC)C3)nc(N)nc2s1. The Morgan fingerprint density at radius 2 is 2.19 bits per heavy atom. The van der Waals surface area contributed by atoms with Crippen molar-refractivity contribution in [1.82, 2.24) is 9.97 Å². The van der Waals surface area contributed by atoms with E-state index in [0.717, 1.165) is 35.4 Å². The van der Waals surface area contributed by atoms with Crippen molar-refractivity contribution in [3.8, 4) is 5.88 Å². The number of ether oxygens (including phenoxy) is 1. The molecule has 5 heteroatoms. The van der Waals surface area contributed by atoms with Crippen LogP contribution < -0.4 is 10.5 Å². The van der Waals surface area contributed by atoms with Crippen LogP contribution in [-0.4, -0.2) is 16.1 Å². The van der Waals surface area contributed by atoms with Gasteiger partial charge in [0.15, 0.2) is 0 Å². The molecule has 2 atom stereocenters. The van der Waals surface area contributed by atoms with Gasteiger partial charge in [0.25, 0.3) is 0 Å². The summed E-state index contributed by atoms with van der Waals surface area (Å²) >= 11 is 1.68. The lowest BCUT2D eigenvalue weighted by molar-refractivity contribution is 0.119. The van der Waals surface area contributed by atoms with E-state index in [4.69, 9.17) is 10.5 Å². The zero-order chi connectivity index (χ0) is 14.8. The highest BCUT2D eigenvalue weighted by atomic mass is 32.1.